The Labute approximate surface area is 88.5 Å². The maximum atomic E-state index is 13.1. The van der Waals surface area contributed by atoms with Gasteiger partial charge >= 0.3 is 0 Å². The van der Waals surface area contributed by atoms with Gasteiger partial charge in [-0.15, -0.1) is 0 Å². The molecule has 0 saturated carbocycles. The lowest BCUT2D eigenvalue weighted by Gasteiger charge is -2.10. The van der Waals surface area contributed by atoms with Crippen LogP contribution in [0.1, 0.15) is 18.9 Å². The molecule has 3 N–H and O–H groups in total. The first-order valence-corrected chi connectivity index (χ1v) is 4.91. The quantitative estimate of drug-likeness (QED) is 0.784. The summed E-state index contributed by atoms with van der Waals surface area (Å²) in [7, 11) is 0. The van der Waals surface area contributed by atoms with Crippen molar-refractivity contribution in [1.82, 2.24) is 5.32 Å². The molecule has 0 aliphatic heterocycles. The molecule has 3 nitrogen and oxygen atoms in total. The molecule has 0 fully saturated rings. The second-order valence-electron chi connectivity index (χ2n) is 3.32. The lowest BCUT2D eigenvalue weighted by Crippen LogP contribution is -2.39. The van der Waals surface area contributed by atoms with Gasteiger partial charge in [-0.1, -0.05) is 25.1 Å². The highest BCUT2D eigenvalue weighted by Gasteiger charge is 2.10. The Kier molecular flexibility index (Phi) is 4.24. The van der Waals surface area contributed by atoms with Crippen molar-refractivity contribution in [2.45, 2.75) is 25.9 Å². The highest BCUT2D eigenvalue weighted by molar-refractivity contribution is 5.81. The van der Waals surface area contributed by atoms with Gasteiger partial charge in [0.2, 0.25) is 5.91 Å². The van der Waals surface area contributed by atoms with Crippen LogP contribution in [0.3, 0.4) is 0 Å². The van der Waals surface area contributed by atoms with Crippen LogP contribution in [0.4, 0.5) is 4.39 Å². The van der Waals surface area contributed by atoms with Gasteiger partial charge in [-0.2, -0.15) is 0 Å². The van der Waals surface area contributed by atoms with E-state index in [1.54, 1.807) is 18.2 Å². The molecule has 1 aromatic carbocycles. The number of amides is 1. The van der Waals surface area contributed by atoms with E-state index in [1.165, 1.54) is 6.07 Å². The summed E-state index contributed by atoms with van der Waals surface area (Å²) in [5.41, 5.74) is 5.98. The summed E-state index contributed by atoms with van der Waals surface area (Å²) >= 11 is 0. The fourth-order valence-corrected chi connectivity index (χ4v) is 1.14. The van der Waals surface area contributed by atoms with Crippen LogP contribution in [0.2, 0.25) is 0 Å². The molecule has 1 rings (SSSR count). The third-order valence-corrected chi connectivity index (χ3v) is 2.19. The standard InChI is InChI=1S/C11H15FN2O/c1-2-10(13)11(15)14-7-8-5-3-4-6-9(8)12/h3-6,10H,2,7,13H2,1H3,(H,14,15). The van der Waals surface area contributed by atoms with Crippen LogP contribution in [0, 0.1) is 5.82 Å². The van der Waals surface area contributed by atoms with Gasteiger partial charge in [-0.25, -0.2) is 4.39 Å². The Morgan fingerprint density at radius 2 is 2.20 bits per heavy atom. The highest BCUT2D eigenvalue weighted by Crippen LogP contribution is 2.05. The smallest absolute Gasteiger partial charge is 0.237 e. The molecule has 15 heavy (non-hydrogen) atoms. The minimum absolute atomic E-state index is 0.180. The molecule has 1 atom stereocenters. The van der Waals surface area contributed by atoms with E-state index in [-0.39, 0.29) is 18.3 Å². The van der Waals surface area contributed by atoms with Crippen LogP contribution < -0.4 is 11.1 Å². The monoisotopic (exact) mass is 210 g/mol. The third-order valence-electron chi connectivity index (χ3n) is 2.19. The molecule has 0 bridgehead atoms. The van der Waals surface area contributed by atoms with Crippen molar-refractivity contribution in [2.24, 2.45) is 5.73 Å². The van der Waals surface area contributed by atoms with Crippen LogP contribution in [0.5, 0.6) is 0 Å². The lowest BCUT2D eigenvalue weighted by atomic mass is 10.2. The van der Waals surface area contributed by atoms with E-state index in [2.05, 4.69) is 5.32 Å². The minimum Gasteiger partial charge on any atom is -0.351 e. The summed E-state index contributed by atoms with van der Waals surface area (Å²) in [6.45, 7) is 2.01. The molecule has 0 aliphatic carbocycles. The third kappa shape index (κ3) is 3.32. The largest absolute Gasteiger partial charge is 0.351 e. The van der Waals surface area contributed by atoms with Gasteiger partial charge in [0.15, 0.2) is 0 Å². The van der Waals surface area contributed by atoms with Gasteiger partial charge in [0, 0.05) is 12.1 Å². The molecule has 0 aliphatic rings. The molecule has 1 amide bonds. The van der Waals surface area contributed by atoms with Gasteiger partial charge < -0.3 is 11.1 Å². The summed E-state index contributed by atoms with van der Waals surface area (Å²) < 4.78 is 13.1. The van der Waals surface area contributed by atoms with Gasteiger partial charge in [0.05, 0.1) is 6.04 Å². The topological polar surface area (TPSA) is 55.1 Å². The van der Waals surface area contributed by atoms with Crippen LogP contribution in [0.15, 0.2) is 24.3 Å². The molecule has 0 heterocycles. The number of carbonyl (C=O) groups is 1. The summed E-state index contributed by atoms with van der Waals surface area (Å²) in [5.74, 6) is -0.566. The number of benzene rings is 1. The predicted octanol–water partition coefficient (Wildman–Crippen LogP) is 1.18. The van der Waals surface area contributed by atoms with Crippen LogP contribution >= 0.6 is 0 Å². The summed E-state index contributed by atoms with van der Waals surface area (Å²) in [4.78, 5) is 11.3. The zero-order valence-corrected chi connectivity index (χ0v) is 8.66. The van der Waals surface area contributed by atoms with E-state index in [0.29, 0.717) is 12.0 Å². The molecule has 4 heteroatoms. The summed E-state index contributed by atoms with van der Waals surface area (Å²) in [6, 6.07) is 5.81. The van der Waals surface area contributed by atoms with E-state index in [0.717, 1.165) is 0 Å². The average molecular weight is 210 g/mol. The van der Waals surface area contributed by atoms with Crippen LogP contribution in [-0.2, 0) is 11.3 Å². The average Bonchev–Trinajstić information content (AvgIpc) is 2.26. The molecule has 0 saturated heterocycles. The number of hydrogen-bond acceptors (Lipinski definition) is 2. The van der Waals surface area contributed by atoms with Crippen LogP contribution in [0.25, 0.3) is 0 Å². The Morgan fingerprint density at radius 1 is 1.53 bits per heavy atom. The van der Waals surface area contributed by atoms with Gasteiger partial charge in [-0.05, 0) is 12.5 Å². The lowest BCUT2D eigenvalue weighted by molar-refractivity contribution is -0.122. The van der Waals surface area contributed by atoms with E-state index in [4.69, 9.17) is 5.73 Å². The van der Waals surface area contributed by atoms with E-state index in [1.807, 2.05) is 6.92 Å². The molecule has 82 valence electrons. The Bertz CT molecular complexity index is 341. The first-order valence-electron chi connectivity index (χ1n) is 4.91. The number of halogens is 1. The Hall–Kier alpha value is -1.42. The Balaban J connectivity index is 2.51. The molecule has 0 radical (unpaired) electrons. The predicted molar refractivity (Wildman–Crippen MR) is 56.5 cm³/mol. The van der Waals surface area contributed by atoms with E-state index in [9.17, 15) is 9.18 Å². The highest BCUT2D eigenvalue weighted by atomic mass is 19.1. The molecular weight excluding hydrogens is 195 g/mol. The van der Waals surface area contributed by atoms with E-state index < -0.39 is 6.04 Å². The number of nitrogens with one attached hydrogen (secondary N) is 1. The molecule has 1 unspecified atom stereocenters. The first kappa shape index (κ1) is 11.7. The van der Waals surface area contributed by atoms with Gasteiger partial charge in [0.25, 0.3) is 0 Å². The normalized spacial score (nSPS) is 12.2. The number of nitrogens with two attached hydrogens (primary N) is 1. The fourth-order valence-electron chi connectivity index (χ4n) is 1.14. The van der Waals surface area contributed by atoms with Crippen molar-refractivity contribution in [3.05, 3.63) is 35.6 Å². The van der Waals surface area contributed by atoms with Crippen LogP contribution in [-0.4, -0.2) is 11.9 Å². The fraction of sp³-hybridized carbons (Fsp3) is 0.364. The van der Waals surface area contributed by atoms with Gasteiger partial charge in [-0.3, -0.25) is 4.79 Å². The van der Waals surface area contributed by atoms with Crippen molar-refractivity contribution in [2.75, 3.05) is 0 Å². The summed E-state index contributed by atoms with van der Waals surface area (Å²) in [6.07, 6.45) is 0.573. The maximum absolute atomic E-state index is 13.1. The zero-order valence-electron chi connectivity index (χ0n) is 8.66. The Morgan fingerprint density at radius 3 is 2.80 bits per heavy atom. The SMILES string of the molecule is CCC(N)C(=O)NCc1ccccc1F. The molecule has 0 spiro atoms. The number of carbonyl (C=O) groups excluding carboxylic acids is 1. The second kappa shape index (κ2) is 5.46. The number of hydrogen-bond donors (Lipinski definition) is 2. The molecule has 0 aromatic heterocycles. The van der Waals surface area contributed by atoms with Crippen molar-refractivity contribution >= 4 is 5.91 Å². The van der Waals surface area contributed by atoms with Gasteiger partial charge in [0.1, 0.15) is 5.82 Å². The second-order valence-corrected chi connectivity index (χ2v) is 3.32. The molecule has 1 aromatic rings. The summed E-state index contributed by atoms with van der Waals surface area (Å²) in [5, 5.41) is 2.59. The van der Waals surface area contributed by atoms with Crippen molar-refractivity contribution in [1.29, 1.82) is 0 Å². The van der Waals surface area contributed by atoms with Crippen molar-refractivity contribution < 1.29 is 9.18 Å². The maximum Gasteiger partial charge on any atom is 0.237 e. The van der Waals surface area contributed by atoms with Crippen molar-refractivity contribution in [3.63, 3.8) is 0 Å². The zero-order chi connectivity index (χ0) is 11.3. The van der Waals surface area contributed by atoms with E-state index >= 15 is 0 Å². The minimum atomic E-state index is -0.517. The van der Waals surface area contributed by atoms with Crippen molar-refractivity contribution in [3.8, 4) is 0 Å². The number of rotatable bonds is 4. The molecular formula is C11H15FN2O. The first-order chi connectivity index (χ1) is 7.15.